The highest BCUT2D eigenvalue weighted by molar-refractivity contribution is 8.02. The zero-order valence-electron chi connectivity index (χ0n) is 12.2. The van der Waals surface area contributed by atoms with Crippen molar-refractivity contribution in [1.82, 2.24) is 15.6 Å². The molecule has 1 amide bonds. The highest BCUT2D eigenvalue weighted by atomic mass is 32.2. The van der Waals surface area contributed by atoms with E-state index in [0.29, 0.717) is 18.1 Å². The normalized spacial score (nSPS) is 26.5. The Hall–Kier alpha value is -0.890. The van der Waals surface area contributed by atoms with Crippen LogP contribution in [-0.2, 0) is 0 Å². The number of fused-ring (bicyclic) bond motifs is 2. The summed E-state index contributed by atoms with van der Waals surface area (Å²) in [4.78, 5) is 18.7. The number of hydrogen-bond acceptors (Lipinski definition) is 6. The van der Waals surface area contributed by atoms with E-state index in [1.807, 2.05) is 18.3 Å². The second kappa shape index (κ2) is 5.96. The molecule has 2 aromatic rings. The van der Waals surface area contributed by atoms with Crippen LogP contribution in [0.3, 0.4) is 0 Å². The van der Waals surface area contributed by atoms with Gasteiger partial charge in [-0.15, -0.1) is 22.7 Å². The third-order valence-electron chi connectivity index (χ3n) is 4.21. The molecule has 2 aliphatic rings. The van der Waals surface area contributed by atoms with Crippen LogP contribution in [0.25, 0.3) is 0 Å². The molecule has 2 saturated heterocycles. The van der Waals surface area contributed by atoms with Gasteiger partial charge in [0.05, 0.1) is 9.09 Å². The van der Waals surface area contributed by atoms with Crippen LogP contribution >= 0.6 is 34.4 Å². The zero-order chi connectivity index (χ0) is 15.1. The molecule has 4 rings (SSSR count). The molecular formula is C15H17N3OS3. The van der Waals surface area contributed by atoms with Gasteiger partial charge >= 0.3 is 0 Å². The summed E-state index contributed by atoms with van der Waals surface area (Å²) in [7, 11) is 0. The van der Waals surface area contributed by atoms with Crippen LogP contribution in [-0.4, -0.2) is 29.0 Å². The van der Waals surface area contributed by atoms with Gasteiger partial charge in [-0.2, -0.15) is 0 Å². The number of rotatable bonds is 4. The quantitative estimate of drug-likeness (QED) is 0.887. The summed E-state index contributed by atoms with van der Waals surface area (Å²) in [6, 6.07) is 5.31. The molecule has 0 radical (unpaired) electrons. The largest absolute Gasteiger partial charge is 0.347 e. The summed E-state index contributed by atoms with van der Waals surface area (Å²) in [6.45, 7) is 2.05. The van der Waals surface area contributed by atoms with Crippen LogP contribution in [0.15, 0.2) is 26.9 Å². The Labute approximate surface area is 141 Å². The fraction of sp³-hybridized carbons (Fsp3) is 0.467. The van der Waals surface area contributed by atoms with Crippen molar-refractivity contribution in [3.05, 3.63) is 28.1 Å². The van der Waals surface area contributed by atoms with Crippen LogP contribution < -0.4 is 10.6 Å². The molecule has 0 aromatic carbocycles. The SMILES string of the molecule is Cc1cnc(Sc2ccc(C(=O)N[C@@H]3C[C@H]4CC[C@@H]3N4)s2)s1. The molecule has 3 atom stereocenters. The Kier molecular flexibility index (Phi) is 3.98. The molecule has 0 spiro atoms. The molecule has 2 bridgehead atoms. The Bertz CT molecular complexity index is 696. The number of thiophene rings is 1. The monoisotopic (exact) mass is 351 g/mol. The average Bonchev–Trinajstić information content (AvgIpc) is 3.24. The first-order valence-electron chi connectivity index (χ1n) is 7.44. The fourth-order valence-corrected chi connectivity index (χ4v) is 6.39. The molecule has 4 heterocycles. The van der Waals surface area contributed by atoms with Crippen LogP contribution in [0.2, 0.25) is 0 Å². The second-order valence-electron chi connectivity index (χ2n) is 5.82. The molecular weight excluding hydrogens is 334 g/mol. The predicted molar refractivity (Wildman–Crippen MR) is 91.1 cm³/mol. The first-order valence-corrected chi connectivity index (χ1v) is 9.89. The van der Waals surface area contributed by atoms with E-state index in [9.17, 15) is 4.79 Å². The number of hydrogen-bond donors (Lipinski definition) is 2. The number of carbonyl (C=O) groups excluding carboxylic acids is 1. The summed E-state index contributed by atoms with van der Waals surface area (Å²) in [5, 5.41) is 6.75. The highest BCUT2D eigenvalue weighted by Crippen LogP contribution is 2.35. The minimum Gasteiger partial charge on any atom is -0.347 e. The van der Waals surface area contributed by atoms with E-state index in [1.165, 1.54) is 17.7 Å². The maximum absolute atomic E-state index is 12.4. The zero-order valence-corrected chi connectivity index (χ0v) is 14.6. The smallest absolute Gasteiger partial charge is 0.261 e. The van der Waals surface area contributed by atoms with E-state index >= 15 is 0 Å². The average molecular weight is 352 g/mol. The van der Waals surface area contributed by atoms with Gasteiger partial charge in [0.15, 0.2) is 4.34 Å². The molecule has 2 aliphatic heterocycles. The standard InChI is InChI=1S/C15H17N3OS3/c1-8-7-16-15(20-8)22-13-5-4-12(21-13)14(19)18-11-6-9-2-3-10(11)17-9/h4-5,7,9-11,17H,2-3,6H2,1H3,(H,18,19)/t9-,10+,11-/m1/s1. The van der Waals surface area contributed by atoms with E-state index in [4.69, 9.17) is 0 Å². The lowest BCUT2D eigenvalue weighted by Crippen LogP contribution is -2.42. The first-order chi connectivity index (χ1) is 10.7. The van der Waals surface area contributed by atoms with E-state index in [1.54, 1.807) is 34.4 Å². The number of aromatic nitrogens is 1. The van der Waals surface area contributed by atoms with Crippen molar-refractivity contribution in [3.8, 4) is 0 Å². The molecule has 4 nitrogen and oxygen atoms in total. The minimum absolute atomic E-state index is 0.0616. The molecule has 2 fully saturated rings. The topological polar surface area (TPSA) is 54.0 Å². The van der Waals surface area contributed by atoms with Crippen molar-refractivity contribution < 1.29 is 4.79 Å². The molecule has 2 aromatic heterocycles. The number of aryl methyl sites for hydroxylation is 1. The summed E-state index contributed by atoms with van der Waals surface area (Å²) in [5.74, 6) is 0.0616. The molecule has 7 heteroatoms. The Morgan fingerprint density at radius 3 is 3.00 bits per heavy atom. The van der Waals surface area contributed by atoms with Gasteiger partial charge in [0.1, 0.15) is 0 Å². The minimum atomic E-state index is 0.0616. The van der Waals surface area contributed by atoms with E-state index in [0.717, 1.165) is 19.8 Å². The van der Waals surface area contributed by atoms with Crippen molar-refractivity contribution >= 4 is 40.3 Å². The highest BCUT2D eigenvalue weighted by Gasteiger charge is 2.39. The van der Waals surface area contributed by atoms with E-state index in [2.05, 4.69) is 22.5 Å². The predicted octanol–water partition coefficient (Wildman–Crippen LogP) is 3.29. The Morgan fingerprint density at radius 1 is 1.41 bits per heavy atom. The third kappa shape index (κ3) is 2.95. The van der Waals surface area contributed by atoms with Crippen LogP contribution in [0, 0.1) is 6.92 Å². The van der Waals surface area contributed by atoms with Crippen LogP contribution in [0.4, 0.5) is 0 Å². The first kappa shape index (κ1) is 14.7. The number of nitrogens with one attached hydrogen (secondary N) is 2. The van der Waals surface area contributed by atoms with Crippen molar-refractivity contribution in [2.24, 2.45) is 0 Å². The van der Waals surface area contributed by atoms with Gasteiger partial charge in [-0.25, -0.2) is 4.98 Å². The summed E-state index contributed by atoms with van der Waals surface area (Å²) < 4.78 is 2.15. The fourth-order valence-electron chi connectivity index (χ4n) is 3.19. The molecule has 0 saturated carbocycles. The van der Waals surface area contributed by atoms with Gasteiger partial charge in [-0.3, -0.25) is 4.79 Å². The lowest BCUT2D eigenvalue weighted by molar-refractivity contribution is 0.0935. The van der Waals surface area contributed by atoms with Gasteiger partial charge in [0.2, 0.25) is 0 Å². The molecule has 0 aliphatic carbocycles. The summed E-state index contributed by atoms with van der Waals surface area (Å²) in [6.07, 6.45) is 5.40. The number of carbonyl (C=O) groups is 1. The van der Waals surface area contributed by atoms with Gasteiger partial charge in [0, 0.05) is 29.2 Å². The summed E-state index contributed by atoms with van der Waals surface area (Å²) >= 11 is 4.86. The molecule has 116 valence electrons. The van der Waals surface area contributed by atoms with E-state index < -0.39 is 0 Å². The summed E-state index contributed by atoms with van der Waals surface area (Å²) in [5.41, 5.74) is 0. The van der Waals surface area contributed by atoms with Gasteiger partial charge in [0.25, 0.3) is 5.91 Å². The van der Waals surface area contributed by atoms with Crippen LogP contribution in [0.1, 0.15) is 33.8 Å². The van der Waals surface area contributed by atoms with Crippen molar-refractivity contribution in [3.63, 3.8) is 0 Å². The number of thiazole rings is 1. The molecule has 0 unspecified atom stereocenters. The van der Waals surface area contributed by atoms with Crippen LogP contribution in [0.5, 0.6) is 0 Å². The van der Waals surface area contributed by atoms with E-state index in [-0.39, 0.29) is 5.91 Å². The molecule has 2 N–H and O–H groups in total. The lowest BCUT2D eigenvalue weighted by Gasteiger charge is -2.20. The lowest BCUT2D eigenvalue weighted by atomic mass is 9.95. The Balaban J connectivity index is 1.39. The second-order valence-corrected chi connectivity index (χ2v) is 9.69. The van der Waals surface area contributed by atoms with Gasteiger partial charge in [-0.1, -0.05) is 0 Å². The maximum atomic E-state index is 12.4. The number of nitrogens with zero attached hydrogens (tertiary/aromatic N) is 1. The van der Waals surface area contributed by atoms with Crippen molar-refractivity contribution in [1.29, 1.82) is 0 Å². The molecule has 22 heavy (non-hydrogen) atoms. The van der Waals surface area contributed by atoms with Gasteiger partial charge in [-0.05, 0) is 50.1 Å². The maximum Gasteiger partial charge on any atom is 0.261 e. The van der Waals surface area contributed by atoms with Crippen molar-refractivity contribution in [2.75, 3.05) is 0 Å². The Morgan fingerprint density at radius 2 is 2.32 bits per heavy atom. The third-order valence-corrected chi connectivity index (χ3v) is 7.41. The van der Waals surface area contributed by atoms with Crippen molar-refractivity contribution in [2.45, 2.75) is 52.9 Å². The number of amides is 1. The van der Waals surface area contributed by atoms with Gasteiger partial charge < -0.3 is 10.6 Å².